The van der Waals surface area contributed by atoms with E-state index in [1.807, 2.05) is 0 Å². The minimum absolute atomic E-state index is 0.302. The Labute approximate surface area is 93.6 Å². The third kappa shape index (κ3) is 3.82. The highest BCUT2D eigenvalue weighted by atomic mass is 15.1. The Kier molecular flexibility index (Phi) is 5.22. The fourth-order valence-corrected chi connectivity index (χ4v) is 2.05. The second kappa shape index (κ2) is 6.74. The Hall–Kier alpha value is -1.68. The molecule has 86 valence electrons. The van der Waals surface area contributed by atoms with Gasteiger partial charge in [0.15, 0.2) is 0 Å². The van der Waals surface area contributed by atoms with Crippen LogP contribution in [0.25, 0.3) is 20.9 Å². The van der Waals surface area contributed by atoms with Gasteiger partial charge in [-0.05, 0) is 42.3 Å². The van der Waals surface area contributed by atoms with Gasteiger partial charge < -0.3 is 5.73 Å². The lowest BCUT2D eigenvalue weighted by Crippen LogP contribution is -2.23. The smallest absolute Gasteiger partial charge is 0.0470 e. The number of rotatable bonds is 5. The molecule has 0 saturated heterocycles. The molecule has 1 aliphatic carbocycles. The Morgan fingerprint density at radius 2 is 2.12 bits per heavy atom. The number of azide groups is 2. The van der Waals surface area contributed by atoms with Crippen LogP contribution in [0.15, 0.2) is 21.9 Å². The fourth-order valence-electron chi connectivity index (χ4n) is 2.05. The van der Waals surface area contributed by atoms with E-state index in [4.69, 9.17) is 16.8 Å². The zero-order valence-electron chi connectivity index (χ0n) is 9.03. The third-order valence-electron chi connectivity index (χ3n) is 2.70. The summed E-state index contributed by atoms with van der Waals surface area (Å²) in [6.45, 7) is 1.45. The molecular weight excluding hydrogens is 206 g/mol. The minimum atomic E-state index is 0.302. The van der Waals surface area contributed by atoms with Crippen molar-refractivity contribution in [2.24, 2.45) is 27.8 Å². The lowest BCUT2D eigenvalue weighted by molar-refractivity contribution is 0.397. The van der Waals surface area contributed by atoms with Crippen LogP contribution in [0.4, 0.5) is 0 Å². The molecule has 16 heavy (non-hydrogen) atoms. The van der Waals surface area contributed by atoms with Gasteiger partial charge in [-0.25, -0.2) is 0 Å². The summed E-state index contributed by atoms with van der Waals surface area (Å²) in [5.74, 6) is 0.620. The zero-order valence-corrected chi connectivity index (χ0v) is 9.03. The Morgan fingerprint density at radius 1 is 1.38 bits per heavy atom. The summed E-state index contributed by atoms with van der Waals surface area (Å²) < 4.78 is 0. The highest BCUT2D eigenvalue weighted by molar-refractivity contribution is 5.12. The average molecular weight is 221 g/mol. The van der Waals surface area contributed by atoms with Gasteiger partial charge in [0, 0.05) is 22.9 Å². The van der Waals surface area contributed by atoms with E-state index in [0.29, 0.717) is 31.5 Å². The van der Waals surface area contributed by atoms with Crippen LogP contribution >= 0.6 is 0 Å². The first-order valence-electron chi connectivity index (χ1n) is 5.21. The highest BCUT2D eigenvalue weighted by Gasteiger charge is 2.20. The van der Waals surface area contributed by atoms with E-state index in [1.165, 1.54) is 0 Å². The molecule has 1 aliphatic rings. The number of hydrogen-bond acceptors (Lipinski definition) is 3. The molecule has 0 amide bonds. The topological polar surface area (TPSA) is 124 Å². The summed E-state index contributed by atoms with van der Waals surface area (Å²) in [4.78, 5) is 5.50. The molecule has 0 saturated carbocycles. The maximum Gasteiger partial charge on any atom is 0.0470 e. The van der Waals surface area contributed by atoms with Crippen LogP contribution < -0.4 is 5.73 Å². The SMILES string of the molecule is [N-]=[N+]=NCC1=CC(CN)CC(CN=[N+]=[N-])C1. The van der Waals surface area contributed by atoms with Crippen LogP contribution in [0.2, 0.25) is 0 Å². The van der Waals surface area contributed by atoms with Crippen LogP contribution in [0.3, 0.4) is 0 Å². The van der Waals surface area contributed by atoms with E-state index in [2.05, 4.69) is 26.1 Å². The van der Waals surface area contributed by atoms with Crippen molar-refractivity contribution in [3.8, 4) is 0 Å². The van der Waals surface area contributed by atoms with Gasteiger partial charge in [0.05, 0.1) is 0 Å². The monoisotopic (exact) mass is 221 g/mol. The Balaban J connectivity index is 2.64. The van der Waals surface area contributed by atoms with Crippen molar-refractivity contribution in [1.82, 2.24) is 0 Å². The molecule has 0 aliphatic heterocycles. The molecule has 2 atom stereocenters. The normalized spacial score (nSPS) is 23.9. The zero-order chi connectivity index (χ0) is 11.8. The molecular formula is C9H15N7. The summed E-state index contributed by atoms with van der Waals surface area (Å²) in [6, 6.07) is 0. The van der Waals surface area contributed by atoms with E-state index < -0.39 is 0 Å². The second-order valence-electron chi connectivity index (χ2n) is 3.93. The lowest BCUT2D eigenvalue weighted by Gasteiger charge is -2.26. The van der Waals surface area contributed by atoms with Gasteiger partial charge in [0.25, 0.3) is 0 Å². The van der Waals surface area contributed by atoms with E-state index in [1.54, 1.807) is 0 Å². The Morgan fingerprint density at radius 3 is 2.75 bits per heavy atom. The van der Waals surface area contributed by atoms with E-state index in [0.717, 1.165) is 18.4 Å². The van der Waals surface area contributed by atoms with Gasteiger partial charge in [0.2, 0.25) is 0 Å². The minimum Gasteiger partial charge on any atom is -0.330 e. The van der Waals surface area contributed by atoms with Crippen molar-refractivity contribution in [3.63, 3.8) is 0 Å². The molecule has 0 fully saturated rings. The van der Waals surface area contributed by atoms with Gasteiger partial charge in [-0.2, -0.15) is 0 Å². The molecule has 1 rings (SSSR count). The molecule has 2 N–H and O–H groups in total. The van der Waals surface area contributed by atoms with Gasteiger partial charge in [-0.1, -0.05) is 21.9 Å². The summed E-state index contributed by atoms with van der Waals surface area (Å²) in [5, 5.41) is 7.13. The number of nitrogens with zero attached hydrogens (tertiary/aromatic N) is 6. The quantitative estimate of drug-likeness (QED) is 0.326. The van der Waals surface area contributed by atoms with Crippen LogP contribution in [0.1, 0.15) is 12.8 Å². The predicted octanol–water partition coefficient (Wildman–Crippen LogP) is 2.52. The van der Waals surface area contributed by atoms with Crippen LogP contribution in [-0.4, -0.2) is 19.6 Å². The van der Waals surface area contributed by atoms with Gasteiger partial charge in [0.1, 0.15) is 0 Å². The summed E-state index contributed by atoms with van der Waals surface area (Å²) in [5.41, 5.74) is 23.3. The van der Waals surface area contributed by atoms with Gasteiger partial charge in [-0.15, -0.1) is 0 Å². The van der Waals surface area contributed by atoms with Crippen molar-refractivity contribution < 1.29 is 0 Å². The van der Waals surface area contributed by atoms with E-state index in [9.17, 15) is 0 Å². The highest BCUT2D eigenvalue weighted by Crippen LogP contribution is 2.28. The molecule has 0 spiro atoms. The molecule has 2 unspecified atom stereocenters. The van der Waals surface area contributed by atoms with Crippen molar-refractivity contribution in [1.29, 1.82) is 0 Å². The molecule has 7 nitrogen and oxygen atoms in total. The van der Waals surface area contributed by atoms with E-state index in [-0.39, 0.29) is 0 Å². The van der Waals surface area contributed by atoms with Crippen LogP contribution in [-0.2, 0) is 0 Å². The maximum absolute atomic E-state index is 8.28. The lowest BCUT2D eigenvalue weighted by atomic mass is 9.82. The number of hydrogen-bond donors (Lipinski definition) is 1. The first-order valence-corrected chi connectivity index (χ1v) is 5.21. The maximum atomic E-state index is 8.28. The molecule has 0 radical (unpaired) electrons. The largest absolute Gasteiger partial charge is 0.330 e. The van der Waals surface area contributed by atoms with Crippen molar-refractivity contribution in [2.45, 2.75) is 12.8 Å². The molecule has 0 heterocycles. The Bertz CT molecular complexity index is 349. The standard InChI is InChI=1S/C9H15N7/c10-4-7-1-8(5-13-15-11)3-9(2-7)6-14-16-12/h1,7,9H,2-6,10H2. The van der Waals surface area contributed by atoms with Crippen molar-refractivity contribution in [3.05, 3.63) is 32.5 Å². The van der Waals surface area contributed by atoms with Crippen LogP contribution in [0, 0.1) is 11.8 Å². The molecule has 0 aromatic carbocycles. The van der Waals surface area contributed by atoms with Crippen LogP contribution in [0.5, 0.6) is 0 Å². The predicted molar refractivity (Wildman–Crippen MR) is 61.4 cm³/mol. The average Bonchev–Trinajstić information content (AvgIpc) is 2.33. The first kappa shape index (κ1) is 12.4. The molecule has 0 aromatic heterocycles. The first-order chi connectivity index (χ1) is 7.80. The second-order valence-corrected chi connectivity index (χ2v) is 3.93. The van der Waals surface area contributed by atoms with E-state index >= 15 is 0 Å². The molecule has 0 bridgehead atoms. The van der Waals surface area contributed by atoms with Crippen molar-refractivity contribution in [2.75, 3.05) is 19.6 Å². The molecule has 7 heteroatoms. The third-order valence-corrected chi connectivity index (χ3v) is 2.70. The molecule has 0 aromatic rings. The van der Waals surface area contributed by atoms with Gasteiger partial charge >= 0.3 is 0 Å². The summed E-state index contributed by atoms with van der Waals surface area (Å²) in [6.07, 6.45) is 3.85. The van der Waals surface area contributed by atoms with Crippen molar-refractivity contribution >= 4 is 0 Å². The van der Waals surface area contributed by atoms with Gasteiger partial charge in [-0.3, -0.25) is 0 Å². The summed E-state index contributed by atoms with van der Waals surface area (Å²) in [7, 11) is 0. The fraction of sp³-hybridized carbons (Fsp3) is 0.778. The summed E-state index contributed by atoms with van der Waals surface area (Å²) >= 11 is 0. The number of nitrogens with two attached hydrogens (primary N) is 1.